The summed E-state index contributed by atoms with van der Waals surface area (Å²) in [7, 11) is 0. The fourth-order valence-electron chi connectivity index (χ4n) is 0.925. The van der Waals surface area contributed by atoms with Gasteiger partial charge in [0.05, 0.1) is 0 Å². The lowest BCUT2D eigenvalue weighted by Gasteiger charge is -2.21. The van der Waals surface area contributed by atoms with Crippen LogP contribution in [0.4, 0.5) is 4.79 Å². The van der Waals surface area contributed by atoms with E-state index in [0.717, 1.165) is 6.42 Å². The SMILES string of the molecule is CCC(C)(C)OC(=O)N[n+]1ccccc1. The molecule has 0 bridgehead atoms. The molecule has 0 aliphatic heterocycles. The number of hydrogen-bond donors (Lipinski definition) is 1. The quantitative estimate of drug-likeness (QED) is 0.772. The molecule has 1 N–H and O–H groups in total. The van der Waals surface area contributed by atoms with Crippen molar-refractivity contribution in [3.63, 3.8) is 0 Å². The smallest absolute Gasteiger partial charge is 0.440 e. The van der Waals surface area contributed by atoms with Crippen LogP contribution in [0.2, 0.25) is 0 Å². The molecule has 1 aromatic heterocycles. The third-order valence-corrected chi connectivity index (χ3v) is 2.16. The van der Waals surface area contributed by atoms with Crippen molar-refractivity contribution in [1.82, 2.24) is 0 Å². The first-order valence-corrected chi connectivity index (χ1v) is 5.00. The van der Waals surface area contributed by atoms with Gasteiger partial charge in [-0.3, -0.25) is 0 Å². The molecule has 0 atom stereocenters. The average Bonchev–Trinajstić information content (AvgIpc) is 2.18. The average molecular weight is 209 g/mol. The maximum absolute atomic E-state index is 11.4. The lowest BCUT2D eigenvalue weighted by molar-refractivity contribution is -0.642. The van der Waals surface area contributed by atoms with Crippen LogP contribution < -0.4 is 10.1 Å². The number of amides is 1. The predicted octanol–water partition coefficient (Wildman–Crippen LogP) is 1.84. The molecule has 0 aliphatic rings. The number of nitrogens with zero attached hydrogens (tertiary/aromatic N) is 1. The van der Waals surface area contributed by atoms with Crippen LogP contribution in [0.1, 0.15) is 27.2 Å². The molecule has 1 rings (SSSR count). The van der Waals surface area contributed by atoms with Gasteiger partial charge in [0, 0.05) is 12.1 Å². The van der Waals surface area contributed by atoms with E-state index in [4.69, 9.17) is 4.74 Å². The Labute approximate surface area is 89.8 Å². The van der Waals surface area contributed by atoms with Gasteiger partial charge in [0.15, 0.2) is 12.4 Å². The van der Waals surface area contributed by atoms with Crippen LogP contribution in [0.5, 0.6) is 0 Å². The van der Waals surface area contributed by atoms with E-state index >= 15 is 0 Å². The van der Waals surface area contributed by atoms with Gasteiger partial charge in [0.2, 0.25) is 0 Å². The lowest BCUT2D eigenvalue weighted by Crippen LogP contribution is -2.49. The van der Waals surface area contributed by atoms with Gasteiger partial charge in [-0.1, -0.05) is 23.1 Å². The number of carbonyl (C=O) groups excluding carboxylic acids is 1. The minimum Gasteiger partial charge on any atom is -0.440 e. The Kier molecular flexibility index (Phi) is 3.66. The van der Waals surface area contributed by atoms with Crippen LogP contribution in [-0.4, -0.2) is 11.7 Å². The second-order valence-corrected chi connectivity index (χ2v) is 3.90. The van der Waals surface area contributed by atoms with E-state index in [0.29, 0.717) is 0 Å². The topological polar surface area (TPSA) is 42.2 Å². The molecule has 82 valence electrons. The predicted molar refractivity (Wildman–Crippen MR) is 56.8 cm³/mol. The van der Waals surface area contributed by atoms with Gasteiger partial charge in [-0.05, 0) is 20.3 Å². The summed E-state index contributed by atoms with van der Waals surface area (Å²) in [5.41, 5.74) is 2.16. The van der Waals surface area contributed by atoms with E-state index in [-0.39, 0.29) is 0 Å². The van der Waals surface area contributed by atoms with E-state index in [9.17, 15) is 4.79 Å². The summed E-state index contributed by atoms with van der Waals surface area (Å²) < 4.78 is 6.77. The second-order valence-electron chi connectivity index (χ2n) is 3.90. The van der Waals surface area contributed by atoms with Crippen molar-refractivity contribution >= 4 is 6.09 Å². The summed E-state index contributed by atoms with van der Waals surface area (Å²) >= 11 is 0. The zero-order valence-electron chi connectivity index (χ0n) is 9.36. The number of aromatic nitrogens is 1. The van der Waals surface area contributed by atoms with Crippen molar-refractivity contribution < 1.29 is 14.2 Å². The summed E-state index contributed by atoms with van der Waals surface area (Å²) in [6, 6.07) is 5.52. The Bertz CT molecular complexity index is 323. The third-order valence-electron chi connectivity index (χ3n) is 2.16. The minimum absolute atomic E-state index is 0.431. The molecule has 15 heavy (non-hydrogen) atoms. The van der Waals surface area contributed by atoms with Crippen molar-refractivity contribution in [2.45, 2.75) is 32.8 Å². The molecule has 0 spiro atoms. The molecular formula is C11H17N2O2+. The highest BCUT2D eigenvalue weighted by Gasteiger charge is 2.21. The number of ether oxygens (including phenoxy) is 1. The molecule has 0 unspecified atom stereocenters. The molecule has 0 saturated heterocycles. The maximum atomic E-state index is 11.4. The first-order valence-electron chi connectivity index (χ1n) is 5.00. The molecule has 0 radical (unpaired) electrons. The zero-order chi connectivity index (χ0) is 11.3. The van der Waals surface area contributed by atoms with Crippen molar-refractivity contribution in [3.8, 4) is 0 Å². The Balaban J connectivity index is 2.51. The second kappa shape index (κ2) is 4.77. The number of nitrogens with one attached hydrogen (secondary N) is 1. The van der Waals surface area contributed by atoms with Gasteiger partial charge in [-0.15, -0.1) is 0 Å². The third kappa shape index (κ3) is 3.97. The number of pyridine rings is 1. The molecule has 1 heterocycles. The zero-order valence-corrected chi connectivity index (χ0v) is 9.36. The van der Waals surface area contributed by atoms with Gasteiger partial charge in [-0.25, -0.2) is 4.79 Å². The summed E-state index contributed by atoms with van der Waals surface area (Å²) in [6.07, 6.45) is 3.80. The van der Waals surface area contributed by atoms with Gasteiger partial charge >= 0.3 is 6.09 Å². The Hall–Kier alpha value is -1.58. The molecule has 0 fully saturated rings. The maximum Gasteiger partial charge on any atom is 0.461 e. The summed E-state index contributed by atoms with van der Waals surface area (Å²) in [4.78, 5) is 11.4. The van der Waals surface area contributed by atoms with Gasteiger partial charge in [-0.2, -0.15) is 0 Å². The molecule has 1 aromatic rings. The molecule has 4 nitrogen and oxygen atoms in total. The molecule has 0 saturated carbocycles. The van der Waals surface area contributed by atoms with Gasteiger partial charge in [0.25, 0.3) is 0 Å². The largest absolute Gasteiger partial charge is 0.461 e. The first kappa shape index (κ1) is 11.5. The van der Waals surface area contributed by atoms with Crippen molar-refractivity contribution in [2.24, 2.45) is 0 Å². The highest BCUT2D eigenvalue weighted by Crippen LogP contribution is 2.13. The molecule has 1 amide bonds. The molecular weight excluding hydrogens is 192 g/mol. The Morgan fingerprint density at radius 3 is 2.47 bits per heavy atom. The normalized spacial score (nSPS) is 10.9. The first-order chi connectivity index (χ1) is 7.03. The van der Waals surface area contributed by atoms with Gasteiger partial charge < -0.3 is 4.74 Å². The molecule has 0 aromatic carbocycles. The fourth-order valence-corrected chi connectivity index (χ4v) is 0.925. The molecule has 4 heteroatoms. The van der Waals surface area contributed by atoms with Crippen LogP contribution in [0, 0.1) is 0 Å². The van der Waals surface area contributed by atoms with E-state index in [1.807, 2.05) is 39.0 Å². The fraction of sp³-hybridized carbons (Fsp3) is 0.455. The van der Waals surface area contributed by atoms with Crippen LogP contribution in [0.15, 0.2) is 30.6 Å². The van der Waals surface area contributed by atoms with Crippen LogP contribution in [0.25, 0.3) is 0 Å². The number of hydrogen-bond acceptors (Lipinski definition) is 2. The van der Waals surface area contributed by atoms with Crippen LogP contribution in [0.3, 0.4) is 0 Å². The van der Waals surface area contributed by atoms with Crippen molar-refractivity contribution in [1.29, 1.82) is 0 Å². The monoisotopic (exact) mass is 209 g/mol. The van der Waals surface area contributed by atoms with Gasteiger partial charge in [0.1, 0.15) is 5.60 Å². The lowest BCUT2D eigenvalue weighted by atomic mass is 10.1. The Morgan fingerprint density at radius 2 is 1.93 bits per heavy atom. The van der Waals surface area contributed by atoms with Crippen molar-refractivity contribution in [2.75, 3.05) is 5.43 Å². The Morgan fingerprint density at radius 1 is 1.33 bits per heavy atom. The summed E-state index contributed by atoms with van der Waals surface area (Å²) in [5.74, 6) is 0. The van der Waals surface area contributed by atoms with E-state index in [1.165, 1.54) is 0 Å². The van der Waals surface area contributed by atoms with Crippen LogP contribution in [-0.2, 0) is 4.74 Å². The van der Waals surface area contributed by atoms with Crippen LogP contribution >= 0.6 is 0 Å². The standard InChI is InChI=1S/C11H16N2O2/c1-4-11(2,3)15-10(14)12-13-8-6-5-7-9-13/h5-9H,4H2,1-3H3/p+1. The highest BCUT2D eigenvalue weighted by atomic mass is 16.6. The minimum atomic E-state index is -0.446. The summed E-state index contributed by atoms with van der Waals surface area (Å²) in [5, 5.41) is 0. The number of carbonyl (C=O) groups is 1. The van der Waals surface area contributed by atoms with E-state index < -0.39 is 11.7 Å². The summed E-state index contributed by atoms with van der Waals surface area (Å²) in [6.45, 7) is 5.73. The van der Waals surface area contributed by atoms with E-state index in [2.05, 4.69) is 5.43 Å². The number of rotatable bonds is 3. The molecule has 0 aliphatic carbocycles. The highest BCUT2D eigenvalue weighted by molar-refractivity contribution is 5.74. The van der Waals surface area contributed by atoms with Crippen molar-refractivity contribution in [3.05, 3.63) is 30.6 Å². The van der Waals surface area contributed by atoms with E-state index in [1.54, 1.807) is 17.1 Å².